The molecule has 0 aliphatic carbocycles. The van der Waals surface area contributed by atoms with Gasteiger partial charge in [-0.1, -0.05) is 6.58 Å². The molecule has 0 fully saturated rings. The number of carboxylic acids is 1. The zero-order valence-corrected chi connectivity index (χ0v) is 6.53. The van der Waals surface area contributed by atoms with Crippen LogP contribution < -0.4 is 5.43 Å². The van der Waals surface area contributed by atoms with Gasteiger partial charge in [0, 0.05) is 12.4 Å². The van der Waals surface area contributed by atoms with Gasteiger partial charge in [0.2, 0.25) is 0 Å². The molecule has 0 unspecified atom stereocenters. The van der Waals surface area contributed by atoms with E-state index >= 15 is 0 Å². The van der Waals surface area contributed by atoms with Crippen LogP contribution in [-0.2, 0) is 4.79 Å². The zero-order valence-electron chi connectivity index (χ0n) is 6.53. The van der Waals surface area contributed by atoms with E-state index in [1.165, 1.54) is 0 Å². The lowest BCUT2D eigenvalue weighted by molar-refractivity contribution is -0.132. The molecular weight excluding hydrogens is 156 g/mol. The van der Waals surface area contributed by atoms with Gasteiger partial charge in [-0.05, 0) is 12.1 Å². The average Bonchev–Trinajstić information content (AvgIpc) is 2.51. The van der Waals surface area contributed by atoms with Crippen molar-refractivity contribution in [3.63, 3.8) is 0 Å². The van der Waals surface area contributed by atoms with Crippen LogP contribution in [0, 0.1) is 0 Å². The van der Waals surface area contributed by atoms with Crippen LogP contribution in [0.2, 0.25) is 0 Å². The Kier molecular flexibility index (Phi) is 2.53. The lowest BCUT2D eigenvalue weighted by atomic mass is 10.3. The van der Waals surface area contributed by atoms with Gasteiger partial charge in [-0.15, -0.1) is 0 Å². The molecule has 0 aliphatic heterocycles. The van der Waals surface area contributed by atoms with Crippen molar-refractivity contribution in [2.24, 2.45) is 0 Å². The molecule has 4 heteroatoms. The molecule has 2 N–H and O–H groups in total. The summed E-state index contributed by atoms with van der Waals surface area (Å²) in [6.45, 7) is 3.62. The summed E-state index contributed by atoms with van der Waals surface area (Å²) in [6, 6.07) is 3.69. The molecule has 0 amide bonds. The Morgan fingerprint density at radius 1 is 1.50 bits per heavy atom. The molecule has 0 radical (unpaired) electrons. The normalized spacial score (nSPS) is 9.33. The highest BCUT2D eigenvalue weighted by atomic mass is 16.4. The Bertz CT molecular complexity index is 277. The van der Waals surface area contributed by atoms with Crippen LogP contribution in [0.4, 0.5) is 0 Å². The van der Waals surface area contributed by atoms with Gasteiger partial charge < -0.3 is 10.5 Å². The predicted molar refractivity (Wildman–Crippen MR) is 45.4 cm³/mol. The van der Waals surface area contributed by atoms with Gasteiger partial charge in [0.1, 0.15) is 0 Å². The summed E-state index contributed by atoms with van der Waals surface area (Å²) < 4.78 is 1.67. The minimum atomic E-state index is -0.977. The molecular formula is C8H10N2O2. The first-order valence-electron chi connectivity index (χ1n) is 3.48. The van der Waals surface area contributed by atoms with Gasteiger partial charge in [0.15, 0.2) is 0 Å². The number of carboxylic acid groups (broad SMARTS) is 1. The highest BCUT2D eigenvalue weighted by molar-refractivity contribution is 5.86. The molecule has 0 saturated carbocycles. The Morgan fingerprint density at radius 2 is 2.08 bits per heavy atom. The van der Waals surface area contributed by atoms with E-state index in [2.05, 4.69) is 12.0 Å². The summed E-state index contributed by atoms with van der Waals surface area (Å²) in [6.07, 6.45) is 3.57. The second-order valence-corrected chi connectivity index (χ2v) is 2.33. The van der Waals surface area contributed by atoms with Gasteiger partial charge in [-0.3, -0.25) is 4.68 Å². The Hall–Kier alpha value is -1.71. The summed E-state index contributed by atoms with van der Waals surface area (Å²) >= 11 is 0. The average molecular weight is 166 g/mol. The van der Waals surface area contributed by atoms with E-state index in [4.69, 9.17) is 5.11 Å². The summed E-state index contributed by atoms with van der Waals surface area (Å²) in [5.41, 5.74) is 2.98. The van der Waals surface area contributed by atoms with Crippen LogP contribution in [0.25, 0.3) is 0 Å². The topological polar surface area (TPSA) is 54.3 Å². The largest absolute Gasteiger partial charge is 0.478 e. The number of hydrogen-bond acceptors (Lipinski definition) is 2. The zero-order chi connectivity index (χ0) is 8.97. The van der Waals surface area contributed by atoms with Crippen LogP contribution >= 0.6 is 0 Å². The minimum Gasteiger partial charge on any atom is -0.478 e. The minimum absolute atomic E-state index is 0.142. The van der Waals surface area contributed by atoms with Crippen molar-refractivity contribution in [1.29, 1.82) is 0 Å². The molecule has 1 aromatic rings. The lowest BCUT2D eigenvalue weighted by Gasteiger charge is -2.05. The maximum Gasteiger partial charge on any atom is 0.332 e. The monoisotopic (exact) mass is 166 g/mol. The number of carbonyl (C=O) groups is 1. The number of hydrogen-bond donors (Lipinski definition) is 2. The number of aromatic nitrogens is 1. The molecule has 0 saturated heterocycles. The van der Waals surface area contributed by atoms with E-state index in [1.807, 2.05) is 12.1 Å². The Labute approximate surface area is 70.1 Å². The van der Waals surface area contributed by atoms with Gasteiger partial charge in [-0.2, -0.15) is 0 Å². The van der Waals surface area contributed by atoms with Gasteiger partial charge in [-0.25, -0.2) is 4.79 Å². The van der Waals surface area contributed by atoms with Crippen LogP contribution in [0.3, 0.4) is 0 Å². The summed E-state index contributed by atoms with van der Waals surface area (Å²) in [5, 5.41) is 8.46. The third-order valence-electron chi connectivity index (χ3n) is 1.38. The summed E-state index contributed by atoms with van der Waals surface area (Å²) in [4.78, 5) is 10.3. The van der Waals surface area contributed by atoms with E-state index < -0.39 is 5.97 Å². The van der Waals surface area contributed by atoms with Crippen molar-refractivity contribution in [2.45, 2.75) is 0 Å². The van der Waals surface area contributed by atoms with Gasteiger partial charge in [0.25, 0.3) is 0 Å². The molecule has 1 heterocycles. The van der Waals surface area contributed by atoms with Crippen LogP contribution in [0.5, 0.6) is 0 Å². The van der Waals surface area contributed by atoms with Crippen molar-refractivity contribution in [2.75, 3.05) is 12.0 Å². The molecule has 0 spiro atoms. The third-order valence-corrected chi connectivity index (χ3v) is 1.38. The predicted octanol–water partition coefficient (Wildman–Crippen LogP) is 0.672. The first kappa shape index (κ1) is 8.39. The van der Waals surface area contributed by atoms with E-state index in [1.54, 1.807) is 17.1 Å². The smallest absolute Gasteiger partial charge is 0.332 e. The number of aliphatic carboxylic acids is 1. The fourth-order valence-electron chi connectivity index (χ4n) is 0.702. The SMILES string of the molecule is C=C(CNn1cccc1)C(=O)O. The molecule has 1 aromatic heterocycles. The molecule has 0 bridgehead atoms. The molecule has 0 aromatic carbocycles. The number of rotatable bonds is 4. The first-order valence-corrected chi connectivity index (χ1v) is 3.48. The highest BCUT2D eigenvalue weighted by Gasteiger charge is 2.01. The number of nitrogens with zero attached hydrogens (tertiary/aromatic N) is 1. The highest BCUT2D eigenvalue weighted by Crippen LogP contribution is 1.90. The summed E-state index contributed by atoms with van der Waals surface area (Å²) in [7, 11) is 0. The standard InChI is InChI=1S/C8H10N2O2/c1-7(8(11)12)6-9-10-4-2-3-5-10/h2-5,9H,1,6H2,(H,11,12). The van der Waals surface area contributed by atoms with E-state index in [-0.39, 0.29) is 12.1 Å². The second kappa shape index (κ2) is 3.61. The first-order chi connectivity index (χ1) is 5.70. The quantitative estimate of drug-likeness (QED) is 0.646. The summed E-state index contributed by atoms with van der Waals surface area (Å²) in [5.74, 6) is -0.977. The Morgan fingerprint density at radius 3 is 2.58 bits per heavy atom. The maximum atomic E-state index is 10.3. The van der Waals surface area contributed by atoms with E-state index in [0.717, 1.165) is 0 Å². The maximum absolute atomic E-state index is 10.3. The van der Waals surface area contributed by atoms with Crippen LogP contribution in [0.1, 0.15) is 0 Å². The molecule has 1 rings (SSSR count). The fourth-order valence-corrected chi connectivity index (χ4v) is 0.702. The van der Waals surface area contributed by atoms with Crippen molar-refractivity contribution < 1.29 is 9.90 Å². The molecule has 0 aliphatic rings. The molecule has 12 heavy (non-hydrogen) atoms. The van der Waals surface area contributed by atoms with Crippen molar-refractivity contribution >= 4 is 5.97 Å². The van der Waals surface area contributed by atoms with Gasteiger partial charge in [0.05, 0.1) is 12.1 Å². The van der Waals surface area contributed by atoms with Crippen LogP contribution in [0.15, 0.2) is 36.7 Å². The van der Waals surface area contributed by atoms with E-state index in [9.17, 15) is 4.79 Å². The van der Waals surface area contributed by atoms with E-state index in [0.29, 0.717) is 0 Å². The Balaban J connectivity index is 2.37. The van der Waals surface area contributed by atoms with Crippen LogP contribution in [-0.4, -0.2) is 22.3 Å². The molecule has 4 nitrogen and oxygen atoms in total. The number of nitrogens with one attached hydrogen (secondary N) is 1. The second-order valence-electron chi connectivity index (χ2n) is 2.33. The van der Waals surface area contributed by atoms with Crippen molar-refractivity contribution in [3.05, 3.63) is 36.7 Å². The van der Waals surface area contributed by atoms with Crippen molar-refractivity contribution in [1.82, 2.24) is 4.68 Å². The third kappa shape index (κ3) is 2.16. The molecule has 64 valence electrons. The molecule has 0 atom stereocenters. The lowest BCUT2D eigenvalue weighted by Crippen LogP contribution is -2.18. The fraction of sp³-hybridized carbons (Fsp3) is 0.125. The van der Waals surface area contributed by atoms with Gasteiger partial charge >= 0.3 is 5.97 Å². The van der Waals surface area contributed by atoms with Crippen molar-refractivity contribution in [3.8, 4) is 0 Å².